The molecule has 1 aliphatic heterocycles. The highest BCUT2D eigenvalue weighted by atomic mass is 19.4. The van der Waals surface area contributed by atoms with Crippen molar-refractivity contribution in [3.05, 3.63) is 106 Å². The van der Waals surface area contributed by atoms with Crippen molar-refractivity contribution >= 4 is 22.9 Å². The Morgan fingerprint density at radius 3 is 2.52 bits per heavy atom. The van der Waals surface area contributed by atoms with Gasteiger partial charge in [-0.05, 0) is 48.0 Å². The molecule has 3 aromatic carbocycles. The molecule has 0 saturated carbocycles. The van der Waals surface area contributed by atoms with Gasteiger partial charge in [0, 0.05) is 19.5 Å². The molecule has 0 saturated heterocycles. The van der Waals surface area contributed by atoms with Crippen LogP contribution >= 0.6 is 0 Å². The van der Waals surface area contributed by atoms with Crippen LogP contribution in [0.15, 0.2) is 77.6 Å². The predicted octanol–water partition coefficient (Wildman–Crippen LogP) is 5.31. The lowest BCUT2D eigenvalue weighted by atomic mass is 10.1. The number of hydrogen-bond donors (Lipinski definition) is 2. The van der Waals surface area contributed by atoms with Crippen LogP contribution in [0.1, 0.15) is 22.4 Å². The number of fused-ring (bicyclic) bond motifs is 2. The molecule has 0 radical (unpaired) electrons. The molecule has 0 unspecified atom stereocenters. The average Bonchev–Trinajstić information content (AvgIpc) is 3.40. The molecule has 11 heteroatoms. The Kier molecular flexibility index (Phi) is 6.41. The number of para-hydroxylation sites is 1. The van der Waals surface area contributed by atoms with Crippen LogP contribution in [0.2, 0.25) is 0 Å². The van der Waals surface area contributed by atoms with E-state index in [9.17, 15) is 18.0 Å². The van der Waals surface area contributed by atoms with Gasteiger partial charge in [0.15, 0.2) is 0 Å². The van der Waals surface area contributed by atoms with Crippen molar-refractivity contribution in [3.8, 4) is 11.4 Å². The lowest BCUT2D eigenvalue weighted by molar-refractivity contribution is -0.137. The van der Waals surface area contributed by atoms with Gasteiger partial charge in [-0.2, -0.15) is 13.2 Å². The molecule has 1 aliphatic rings. The molecular formula is C29H25F3N6O2. The zero-order valence-electron chi connectivity index (χ0n) is 21.5. The molecule has 0 bridgehead atoms. The van der Waals surface area contributed by atoms with E-state index in [1.165, 1.54) is 6.07 Å². The molecule has 3 heterocycles. The minimum absolute atomic E-state index is 0.214. The minimum Gasteiger partial charge on any atom is -0.497 e. The van der Waals surface area contributed by atoms with Crippen LogP contribution in [0.4, 0.5) is 25.1 Å². The van der Waals surface area contributed by atoms with Crippen molar-refractivity contribution in [2.24, 2.45) is 0 Å². The maximum Gasteiger partial charge on any atom is 0.416 e. The number of nitrogens with zero attached hydrogens (tertiary/aromatic N) is 4. The SMILES string of the molecule is COc1ccc(CNc2nc3c(c(=O)n2-c2ccccc2)CN(c2nc4ccc(C(F)(F)F)cc4[nH]2)CC3)cc1. The Hall–Kier alpha value is -4.80. The highest BCUT2D eigenvalue weighted by Gasteiger charge is 2.31. The van der Waals surface area contributed by atoms with Crippen molar-refractivity contribution in [3.63, 3.8) is 0 Å². The molecule has 40 heavy (non-hydrogen) atoms. The van der Waals surface area contributed by atoms with Crippen molar-refractivity contribution < 1.29 is 17.9 Å². The summed E-state index contributed by atoms with van der Waals surface area (Å²) in [5.41, 5.74) is 2.61. The van der Waals surface area contributed by atoms with Gasteiger partial charge in [-0.25, -0.2) is 14.5 Å². The lowest BCUT2D eigenvalue weighted by Crippen LogP contribution is -2.39. The number of aromatic nitrogens is 4. The third-order valence-electron chi connectivity index (χ3n) is 6.95. The van der Waals surface area contributed by atoms with E-state index in [-0.39, 0.29) is 17.6 Å². The number of hydrogen-bond acceptors (Lipinski definition) is 6. The van der Waals surface area contributed by atoms with E-state index in [0.29, 0.717) is 53.9 Å². The maximum absolute atomic E-state index is 13.9. The molecule has 0 fully saturated rings. The van der Waals surface area contributed by atoms with Crippen molar-refractivity contribution in [2.45, 2.75) is 25.7 Å². The van der Waals surface area contributed by atoms with Crippen LogP contribution in [-0.2, 0) is 25.7 Å². The monoisotopic (exact) mass is 546 g/mol. The fourth-order valence-corrected chi connectivity index (χ4v) is 4.84. The highest BCUT2D eigenvalue weighted by Crippen LogP contribution is 2.32. The van der Waals surface area contributed by atoms with Crippen LogP contribution < -0.4 is 20.5 Å². The molecule has 2 aromatic heterocycles. The Labute approximate surface area is 227 Å². The van der Waals surface area contributed by atoms with E-state index in [4.69, 9.17) is 9.72 Å². The Balaban J connectivity index is 1.33. The van der Waals surface area contributed by atoms with Gasteiger partial charge in [-0.3, -0.25) is 4.79 Å². The van der Waals surface area contributed by atoms with E-state index in [0.717, 1.165) is 23.4 Å². The van der Waals surface area contributed by atoms with Gasteiger partial charge in [0.25, 0.3) is 5.56 Å². The number of ether oxygens (including phenoxy) is 1. The van der Waals surface area contributed by atoms with Gasteiger partial charge in [-0.1, -0.05) is 30.3 Å². The zero-order valence-corrected chi connectivity index (χ0v) is 21.5. The van der Waals surface area contributed by atoms with Gasteiger partial charge in [0.2, 0.25) is 11.9 Å². The zero-order chi connectivity index (χ0) is 27.9. The Bertz CT molecular complexity index is 1730. The number of rotatable bonds is 6. The second-order valence-corrected chi connectivity index (χ2v) is 9.50. The van der Waals surface area contributed by atoms with Crippen LogP contribution in [0.5, 0.6) is 5.75 Å². The summed E-state index contributed by atoms with van der Waals surface area (Å²) in [6.07, 6.45) is -3.97. The lowest BCUT2D eigenvalue weighted by Gasteiger charge is -2.28. The third kappa shape index (κ3) is 4.86. The summed E-state index contributed by atoms with van der Waals surface area (Å²) in [4.78, 5) is 28.1. The molecule has 0 amide bonds. The Morgan fingerprint density at radius 2 is 1.80 bits per heavy atom. The first-order valence-electron chi connectivity index (χ1n) is 12.7. The molecule has 6 rings (SSSR count). The van der Waals surface area contributed by atoms with Crippen molar-refractivity contribution in [1.82, 2.24) is 19.5 Å². The number of halogens is 3. The fraction of sp³-hybridized carbons (Fsp3) is 0.207. The number of anilines is 2. The molecule has 2 N–H and O–H groups in total. The van der Waals surface area contributed by atoms with E-state index < -0.39 is 11.7 Å². The molecule has 0 aliphatic carbocycles. The predicted molar refractivity (Wildman–Crippen MR) is 146 cm³/mol. The summed E-state index contributed by atoms with van der Waals surface area (Å²) < 4.78 is 46.3. The van der Waals surface area contributed by atoms with E-state index >= 15 is 0 Å². The summed E-state index contributed by atoms with van der Waals surface area (Å²) in [7, 11) is 1.61. The minimum atomic E-state index is -4.45. The molecular weight excluding hydrogens is 521 g/mol. The normalized spacial score (nSPS) is 13.3. The molecule has 0 atom stereocenters. The number of H-pyrrole nitrogens is 1. The number of methoxy groups -OCH3 is 1. The molecule has 204 valence electrons. The second kappa shape index (κ2) is 10.1. The van der Waals surface area contributed by atoms with Gasteiger partial charge in [0.1, 0.15) is 5.75 Å². The van der Waals surface area contributed by atoms with E-state index in [1.54, 1.807) is 11.7 Å². The highest BCUT2D eigenvalue weighted by molar-refractivity contribution is 5.78. The third-order valence-corrected chi connectivity index (χ3v) is 6.95. The summed E-state index contributed by atoms with van der Waals surface area (Å²) in [6, 6.07) is 20.3. The van der Waals surface area contributed by atoms with Crippen LogP contribution in [0.3, 0.4) is 0 Å². The summed E-state index contributed by atoms with van der Waals surface area (Å²) >= 11 is 0. The van der Waals surface area contributed by atoms with Crippen molar-refractivity contribution in [2.75, 3.05) is 23.9 Å². The maximum atomic E-state index is 13.9. The Morgan fingerprint density at radius 1 is 1.02 bits per heavy atom. The van der Waals surface area contributed by atoms with Crippen LogP contribution in [0, 0.1) is 0 Å². The fourth-order valence-electron chi connectivity index (χ4n) is 4.84. The van der Waals surface area contributed by atoms with E-state index in [1.807, 2.05) is 59.5 Å². The molecule has 0 spiro atoms. The number of imidazole rings is 1. The number of aromatic amines is 1. The van der Waals surface area contributed by atoms with Crippen molar-refractivity contribution in [1.29, 1.82) is 0 Å². The van der Waals surface area contributed by atoms with Gasteiger partial charge in [-0.15, -0.1) is 0 Å². The topological polar surface area (TPSA) is 88.1 Å². The number of nitrogens with one attached hydrogen (secondary N) is 2. The average molecular weight is 547 g/mol. The summed E-state index contributed by atoms with van der Waals surface area (Å²) in [6.45, 7) is 1.17. The number of benzene rings is 3. The number of alkyl halides is 3. The van der Waals surface area contributed by atoms with Crippen LogP contribution in [0.25, 0.3) is 16.7 Å². The quantitative estimate of drug-likeness (QED) is 0.300. The first-order chi connectivity index (χ1) is 19.3. The largest absolute Gasteiger partial charge is 0.497 e. The first-order valence-corrected chi connectivity index (χ1v) is 12.7. The first kappa shape index (κ1) is 25.5. The van der Waals surface area contributed by atoms with Gasteiger partial charge >= 0.3 is 6.18 Å². The van der Waals surface area contributed by atoms with Crippen LogP contribution in [-0.4, -0.2) is 33.2 Å². The van der Waals surface area contributed by atoms with Gasteiger partial charge < -0.3 is 19.9 Å². The summed E-state index contributed by atoms with van der Waals surface area (Å²) in [5.74, 6) is 1.60. The second-order valence-electron chi connectivity index (χ2n) is 9.50. The molecule has 5 aromatic rings. The van der Waals surface area contributed by atoms with E-state index in [2.05, 4.69) is 15.3 Å². The summed E-state index contributed by atoms with van der Waals surface area (Å²) in [5, 5.41) is 3.32. The standard InChI is InChI=1S/C29H25F3N6O2/c1-40-21-10-7-18(8-11-21)16-33-27-34-23-13-14-37(17-22(23)26(39)38(27)20-5-3-2-4-6-20)28-35-24-12-9-19(29(30,31)32)15-25(24)36-28/h2-12,15H,13-14,16-17H2,1H3,(H,33,34)(H,35,36). The molecule has 8 nitrogen and oxygen atoms in total. The van der Waals surface area contributed by atoms with Gasteiger partial charge in [0.05, 0.1) is 47.2 Å². The smallest absolute Gasteiger partial charge is 0.416 e.